The molecule has 0 saturated heterocycles. The molecule has 0 radical (unpaired) electrons. The number of nitrogens with zero attached hydrogens (tertiary/aromatic N) is 2. The highest BCUT2D eigenvalue weighted by atomic mass is 19.4. The van der Waals surface area contributed by atoms with E-state index < -0.39 is 23.7 Å². The van der Waals surface area contributed by atoms with E-state index in [2.05, 4.69) is 5.10 Å². The van der Waals surface area contributed by atoms with Crippen LogP contribution in [0.25, 0.3) is 0 Å². The van der Waals surface area contributed by atoms with Gasteiger partial charge >= 0.3 is 6.18 Å². The first-order valence-electron chi connectivity index (χ1n) is 6.41. The molecule has 0 aliphatic heterocycles. The van der Waals surface area contributed by atoms with E-state index in [0.29, 0.717) is 12.6 Å². The highest BCUT2D eigenvalue weighted by Crippen LogP contribution is 2.36. The minimum Gasteiger partial charge on any atom is -0.382 e. The minimum absolute atomic E-state index is 0.244. The van der Waals surface area contributed by atoms with Crippen LogP contribution in [0.15, 0.2) is 30.5 Å². The van der Waals surface area contributed by atoms with Crippen molar-refractivity contribution in [3.63, 3.8) is 0 Å². The summed E-state index contributed by atoms with van der Waals surface area (Å²) in [6.07, 6.45) is -4.13. The number of aryl methyl sites for hydroxylation is 1. The molecule has 0 amide bonds. The number of rotatable bonds is 4. The van der Waals surface area contributed by atoms with Gasteiger partial charge < -0.3 is 5.11 Å². The quantitative estimate of drug-likeness (QED) is 0.877. The molecule has 0 fully saturated rings. The Balaban J connectivity index is 2.48. The summed E-state index contributed by atoms with van der Waals surface area (Å²) >= 11 is 0. The van der Waals surface area contributed by atoms with Crippen molar-refractivity contribution < 1.29 is 22.7 Å². The van der Waals surface area contributed by atoms with Crippen molar-refractivity contribution in [1.29, 1.82) is 0 Å². The normalized spacial score (nSPS) is 13.4. The lowest BCUT2D eigenvalue weighted by molar-refractivity contribution is -0.139. The maximum atomic E-state index is 13.1. The number of benzene rings is 1. The summed E-state index contributed by atoms with van der Waals surface area (Å²) in [4.78, 5) is 0. The molecular weight excluding hydrogens is 288 g/mol. The smallest absolute Gasteiger partial charge is 0.382 e. The van der Waals surface area contributed by atoms with Gasteiger partial charge in [0.25, 0.3) is 0 Å². The molecule has 1 aromatic carbocycles. The third-order valence-corrected chi connectivity index (χ3v) is 3.08. The van der Waals surface area contributed by atoms with Crippen LogP contribution in [0.3, 0.4) is 0 Å². The molecule has 2 aromatic rings. The molecule has 21 heavy (non-hydrogen) atoms. The molecule has 1 N–H and O–H groups in total. The first-order chi connectivity index (χ1) is 9.84. The Hall–Kier alpha value is -1.89. The Labute approximate surface area is 118 Å². The van der Waals surface area contributed by atoms with Gasteiger partial charge in [0.05, 0.1) is 11.3 Å². The molecule has 0 spiro atoms. The van der Waals surface area contributed by atoms with E-state index in [-0.39, 0.29) is 11.3 Å². The van der Waals surface area contributed by atoms with Crippen LogP contribution >= 0.6 is 0 Å². The maximum Gasteiger partial charge on any atom is 0.416 e. The topological polar surface area (TPSA) is 38.0 Å². The summed E-state index contributed by atoms with van der Waals surface area (Å²) in [6.45, 7) is 2.36. The summed E-state index contributed by atoms with van der Waals surface area (Å²) in [6, 6.07) is 3.68. The molecule has 0 aliphatic rings. The standard InChI is InChI=1S/C14H14F4N2O/c1-2-7-20-12(5-6-19-20)13(21)10-4-3-9(15)8-11(10)14(16,17)18/h3-6,8,13,21H,2,7H2,1H3. The molecule has 0 bridgehead atoms. The Morgan fingerprint density at radius 3 is 2.62 bits per heavy atom. The average molecular weight is 302 g/mol. The van der Waals surface area contributed by atoms with E-state index in [4.69, 9.17) is 0 Å². The zero-order chi connectivity index (χ0) is 15.6. The van der Waals surface area contributed by atoms with Crippen LogP contribution in [0.4, 0.5) is 17.6 Å². The Kier molecular flexibility index (Phi) is 4.32. The highest BCUT2D eigenvalue weighted by molar-refractivity contribution is 5.36. The van der Waals surface area contributed by atoms with Crippen LogP contribution in [0.2, 0.25) is 0 Å². The molecule has 1 aromatic heterocycles. The van der Waals surface area contributed by atoms with E-state index in [9.17, 15) is 22.7 Å². The van der Waals surface area contributed by atoms with Gasteiger partial charge in [-0.1, -0.05) is 13.0 Å². The van der Waals surface area contributed by atoms with Gasteiger partial charge in [0.2, 0.25) is 0 Å². The van der Waals surface area contributed by atoms with E-state index in [0.717, 1.165) is 18.6 Å². The first-order valence-corrected chi connectivity index (χ1v) is 6.41. The van der Waals surface area contributed by atoms with Crippen LogP contribution in [-0.4, -0.2) is 14.9 Å². The zero-order valence-electron chi connectivity index (χ0n) is 11.2. The zero-order valence-corrected chi connectivity index (χ0v) is 11.2. The number of hydrogen-bond donors (Lipinski definition) is 1. The van der Waals surface area contributed by atoms with Gasteiger partial charge in [-0.05, 0) is 30.2 Å². The fraction of sp³-hybridized carbons (Fsp3) is 0.357. The van der Waals surface area contributed by atoms with Crippen molar-refractivity contribution in [3.8, 4) is 0 Å². The predicted octanol–water partition coefficient (Wildman–Crippen LogP) is 3.53. The molecule has 1 heterocycles. The van der Waals surface area contributed by atoms with Crippen LogP contribution in [0.1, 0.15) is 36.3 Å². The monoisotopic (exact) mass is 302 g/mol. The van der Waals surface area contributed by atoms with Gasteiger partial charge in [-0.3, -0.25) is 4.68 Å². The molecular formula is C14H14F4N2O. The second-order valence-corrected chi connectivity index (χ2v) is 4.61. The van der Waals surface area contributed by atoms with E-state index in [1.165, 1.54) is 16.9 Å². The fourth-order valence-electron chi connectivity index (χ4n) is 2.15. The predicted molar refractivity (Wildman–Crippen MR) is 68.0 cm³/mol. The second-order valence-electron chi connectivity index (χ2n) is 4.61. The second kappa shape index (κ2) is 5.85. The number of aromatic nitrogens is 2. The van der Waals surface area contributed by atoms with Crippen LogP contribution in [0.5, 0.6) is 0 Å². The number of aliphatic hydroxyl groups is 1. The van der Waals surface area contributed by atoms with Crippen molar-refractivity contribution >= 4 is 0 Å². The summed E-state index contributed by atoms with van der Waals surface area (Å²) in [5.74, 6) is -1.000. The van der Waals surface area contributed by atoms with E-state index in [1.54, 1.807) is 0 Å². The van der Waals surface area contributed by atoms with Crippen molar-refractivity contribution in [1.82, 2.24) is 9.78 Å². The van der Waals surface area contributed by atoms with Gasteiger partial charge in [-0.2, -0.15) is 18.3 Å². The van der Waals surface area contributed by atoms with Crippen molar-refractivity contribution in [2.24, 2.45) is 0 Å². The fourth-order valence-corrected chi connectivity index (χ4v) is 2.15. The van der Waals surface area contributed by atoms with Crippen molar-refractivity contribution in [2.45, 2.75) is 32.2 Å². The third-order valence-electron chi connectivity index (χ3n) is 3.08. The van der Waals surface area contributed by atoms with Crippen LogP contribution in [-0.2, 0) is 12.7 Å². The molecule has 7 heteroatoms. The number of halogens is 4. The van der Waals surface area contributed by atoms with Gasteiger partial charge in [-0.15, -0.1) is 0 Å². The molecule has 2 rings (SSSR count). The van der Waals surface area contributed by atoms with Gasteiger partial charge in [-0.25, -0.2) is 4.39 Å². The number of hydrogen-bond acceptors (Lipinski definition) is 2. The molecule has 0 aliphatic carbocycles. The molecule has 1 unspecified atom stereocenters. The van der Waals surface area contributed by atoms with Crippen LogP contribution in [0, 0.1) is 5.82 Å². The van der Waals surface area contributed by atoms with Crippen molar-refractivity contribution in [3.05, 3.63) is 53.1 Å². The van der Waals surface area contributed by atoms with Gasteiger partial charge in [0.1, 0.15) is 11.9 Å². The summed E-state index contributed by atoms with van der Waals surface area (Å²) in [5, 5.41) is 14.2. The summed E-state index contributed by atoms with van der Waals surface area (Å²) in [7, 11) is 0. The molecule has 0 saturated carbocycles. The SMILES string of the molecule is CCCn1nccc1C(O)c1ccc(F)cc1C(F)(F)F. The maximum absolute atomic E-state index is 13.1. The Bertz CT molecular complexity index is 622. The largest absolute Gasteiger partial charge is 0.416 e. The van der Waals surface area contributed by atoms with Crippen molar-refractivity contribution in [2.75, 3.05) is 0 Å². The minimum atomic E-state index is -4.74. The van der Waals surface area contributed by atoms with E-state index in [1.807, 2.05) is 6.92 Å². The lowest BCUT2D eigenvalue weighted by atomic mass is 9.99. The first kappa shape index (κ1) is 15.5. The lowest BCUT2D eigenvalue weighted by Crippen LogP contribution is -2.16. The van der Waals surface area contributed by atoms with Gasteiger partial charge in [0, 0.05) is 12.7 Å². The summed E-state index contributed by atoms with van der Waals surface area (Å²) < 4.78 is 53.5. The average Bonchev–Trinajstić information content (AvgIpc) is 2.85. The molecule has 1 atom stereocenters. The molecule has 3 nitrogen and oxygen atoms in total. The third kappa shape index (κ3) is 3.24. The van der Waals surface area contributed by atoms with Gasteiger partial charge in [0.15, 0.2) is 0 Å². The highest BCUT2D eigenvalue weighted by Gasteiger charge is 2.36. The number of aliphatic hydroxyl groups excluding tert-OH is 1. The van der Waals surface area contributed by atoms with E-state index >= 15 is 0 Å². The summed E-state index contributed by atoms with van der Waals surface area (Å²) in [5.41, 5.74) is -1.32. The Morgan fingerprint density at radius 1 is 1.29 bits per heavy atom. The lowest BCUT2D eigenvalue weighted by Gasteiger charge is -2.18. The number of alkyl halides is 3. The molecule has 114 valence electrons. The Morgan fingerprint density at radius 2 is 2.00 bits per heavy atom. The van der Waals surface area contributed by atoms with Crippen LogP contribution < -0.4 is 0 Å².